The molecule has 4 nitrogen and oxygen atoms in total. The number of methoxy groups -OCH3 is 1. The molecule has 0 fully saturated rings. The first-order chi connectivity index (χ1) is 12.5. The van der Waals surface area contributed by atoms with Crippen LogP contribution < -0.4 is 9.75 Å². The van der Waals surface area contributed by atoms with Gasteiger partial charge in [0.15, 0.2) is 0 Å². The lowest BCUT2D eigenvalue weighted by Gasteiger charge is -2.22. The molecule has 2 aromatic rings. The Hall–Kier alpha value is -2.62. The third-order valence-corrected chi connectivity index (χ3v) is 5.02. The number of hydrazone groups is 1. The standard InChI is InChI=1S/C22H27N3O/c1-6-16-8-10-17(11-9-16)25(7-2)23-15-21-22(3,4)19-14-18(26-5)12-13-20(19)24-21/h8-15H,6-7H2,1-5H3/b23-15+. The number of aryl methyl sites for hydroxylation is 1. The van der Waals surface area contributed by atoms with Crippen molar-refractivity contribution >= 4 is 23.3 Å². The molecule has 26 heavy (non-hydrogen) atoms. The summed E-state index contributed by atoms with van der Waals surface area (Å²) in [6, 6.07) is 14.6. The van der Waals surface area contributed by atoms with Gasteiger partial charge in [-0.2, -0.15) is 5.10 Å². The highest BCUT2D eigenvalue weighted by atomic mass is 16.5. The molecule has 0 aromatic heterocycles. The predicted octanol–water partition coefficient (Wildman–Crippen LogP) is 5.13. The first kappa shape index (κ1) is 18.2. The molecule has 3 rings (SSSR count). The Balaban J connectivity index is 1.85. The predicted molar refractivity (Wildman–Crippen MR) is 110 cm³/mol. The zero-order valence-electron chi connectivity index (χ0n) is 16.3. The van der Waals surface area contributed by atoms with Crippen LogP contribution in [0, 0.1) is 0 Å². The highest BCUT2D eigenvalue weighted by Gasteiger charge is 2.34. The van der Waals surface area contributed by atoms with Gasteiger partial charge in [0.25, 0.3) is 0 Å². The number of benzene rings is 2. The van der Waals surface area contributed by atoms with Gasteiger partial charge in [0.1, 0.15) is 5.75 Å². The Morgan fingerprint density at radius 3 is 2.46 bits per heavy atom. The minimum Gasteiger partial charge on any atom is -0.497 e. The summed E-state index contributed by atoms with van der Waals surface area (Å²) in [4.78, 5) is 4.79. The fourth-order valence-corrected chi connectivity index (χ4v) is 3.20. The van der Waals surface area contributed by atoms with E-state index in [2.05, 4.69) is 58.0 Å². The van der Waals surface area contributed by atoms with Crippen molar-refractivity contribution in [3.63, 3.8) is 0 Å². The van der Waals surface area contributed by atoms with Crippen molar-refractivity contribution in [2.75, 3.05) is 18.7 Å². The van der Waals surface area contributed by atoms with Crippen LogP contribution in [0.2, 0.25) is 0 Å². The average Bonchev–Trinajstić information content (AvgIpc) is 2.92. The van der Waals surface area contributed by atoms with Gasteiger partial charge in [-0.3, -0.25) is 10.0 Å². The van der Waals surface area contributed by atoms with Gasteiger partial charge in [-0.15, -0.1) is 0 Å². The number of nitrogens with zero attached hydrogens (tertiary/aromatic N) is 3. The van der Waals surface area contributed by atoms with E-state index in [1.165, 1.54) is 11.1 Å². The zero-order chi connectivity index (χ0) is 18.7. The Morgan fingerprint density at radius 2 is 1.85 bits per heavy atom. The fourth-order valence-electron chi connectivity index (χ4n) is 3.20. The summed E-state index contributed by atoms with van der Waals surface area (Å²) in [5.74, 6) is 0.858. The normalized spacial score (nSPS) is 15.0. The lowest BCUT2D eigenvalue weighted by atomic mass is 9.82. The summed E-state index contributed by atoms with van der Waals surface area (Å²) in [7, 11) is 1.69. The van der Waals surface area contributed by atoms with Crippen molar-refractivity contribution in [3.8, 4) is 5.75 Å². The second-order valence-corrected chi connectivity index (χ2v) is 6.99. The minimum atomic E-state index is -0.196. The molecule has 0 N–H and O–H groups in total. The zero-order valence-corrected chi connectivity index (χ0v) is 16.3. The summed E-state index contributed by atoms with van der Waals surface area (Å²) in [5, 5.41) is 6.72. The lowest BCUT2D eigenvalue weighted by molar-refractivity contribution is 0.414. The Kier molecular flexibility index (Phi) is 5.12. The van der Waals surface area contributed by atoms with E-state index in [0.717, 1.165) is 35.8 Å². The number of hydrogen-bond acceptors (Lipinski definition) is 4. The fraction of sp³-hybridized carbons (Fsp3) is 0.364. The quantitative estimate of drug-likeness (QED) is 0.535. The molecule has 1 aliphatic rings. The molecule has 0 aliphatic carbocycles. The van der Waals surface area contributed by atoms with Crippen LogP contribution in [0.25, 0.3) is 0 Å². The van der Waals surface area contributed by atoms with E-state index < -0.39 is 0 Å². The second kappa shape index (κ2) is 7.32. The summed E-state index contributed by atoms with van der Waals surface area (Å²) in [6.07, 6.45) is 2.94. The number of rotatable bonds is 6. The van der Waals surface area contributed by atoms with Crippen molar-refractivity contribution in [2.45, 2.75) is 39.5 Å². The summed E-state index contributed by atoms with van der Waals surface area (Å²) in [5.41, 5.74) is 5.36. The molecule has 1 aliphatic heterocycles. The molecular weight excluding hydrogens is 322 g/mol. The number of hydrogen-bond donors (Lipinski definition) is 0. The van der Waals surface area contributed by atoms with Crippen LogP contribution in [-0.4, -0.2) is 25.6 Å². The van der Waals surface area contributed by atoms with E-state index in [4.69, 9.17) is 14.8 Å². The molecule has 0 saturated heterocycles. The summed E-state index contributed by atoms with van der Waals surface area (Å²) >= 11 is 0. The van der Waals surface area contributed by atoms with Gasteiger partial charge in [-0.1, -0.05) is 32.9 Å². The van der Waals surface area contributed by atoms with Crippen molar-refractivity contribution in [1.29, 1.82) is 0 Å². The Morgan fingerprint density at radius 1 is 1.12 bits per heavy atom. The van der Waals surface area contributed by atoms with Crippen molar-refractivity contribution in [2.24, 2.45) is 10.1 Å². The van der Waals surface area contributed by atoms with Crippen LogP contribution in [0.5, 0.6) is 5.75 Å². The topological polar surface area (TPSA) is 37.2 Å². The SMILES string of the molecule is CCc1ccc(N(CC)/N=C/C2=Nc3ccc(OC)cc3C2(C)C)cc1. The molecule has 0 bridgehead atoms. The number of anilines is 1. The first-order valence-corrected chi connectivity index (χ1v) is 9.17. The van der Waals surface area contributed by atoms with Crippen LogP contribution >= 0.6 is 0 Å². The van der Waals surface area contributed by atoms with Crippen LogP contribution in [-0.2, 0) is 11.8 Å². The number of aliphatic imine (C=N–C) groups is 1. The highest BCUT2D eigenvalue weighted by Crippen LogP contribution is 2.41. The van der Waals surface area contributed by atoms with E-state index in [-0.39, 0.29) is 5.41 Å². The van der Waals surface area contributed by atoms with Gasteiger partial charge in [0.05, 0.1) is 30.4 Å². The molecule has 136 valence electrons. The third-order valence-electron chi connectivity index (χ3n) is 5.02. The van der Waals surface area contributed by atoms with Crippen LogP contribution in [0.15, 0.2) is 52.6 Å². The van der Waals surface area contributed by atoms with Crippen LogP contribution in [0.3, 0.4) is 0 Å². The van der Waals surface area contributed by atoms with E-state index in [1.54, 1.807) is 7.11 Å². The maximum absolute atomic E-state index is 5.37. The van der Waals surface area contributed by atoms with E-state index in [9.17, 15) is 0 Å². The monoisotopic (exact) mass is 349 g/mol. The van der Waals surface area contributed by atoms with Gasteiger partial charge >= 0.3 is 0 Å². The van der Waals surface area contributed by atoms with Crippen molar-refractivity contribution in [1.82, 2.24) is 0 Å². The lowest BCUT2D eigenvalue weighted by Crippen LogP contribution is -2.28. The van der Waals surface area contributed by atoms with Gasteiger partial charge < -0.3 is 4.74 Å². The van der Waals surface area contributed by atoms with Gasteiger partial charge in [0.2, 0.25) is 0 Å². The van der Waals surface area contributed by atoms with E-state index >= 15 is 0 Å². The molecule has 0 radical (unpaired) electrons. The Labute approximate surface area is 156 Å². The van der Waals surface area contributed by atoms with Crippen LogP contribution in [0.4, 0.5) is 11.4 Å². The molecule has 1 heterocycles. The average molecular weight is 349 g/mol. The molecule has 0 amide bonds. The molecular formula is C22H27N3O. The van der Waals surface area contributed by atoms with Gasteiger partial charge in [0, 0.05) is 12.0 Å². The van der Waals surface area contributed by atoms with Gasteiger partial charge in [-0.05, 0) is 54.8 Å². The minimum absolute atomic E-state index is 0.196. The molecule has 2 aromatic carbocycles. The maximum Gasteiger partial charge on any atom is 0.119 e. The van der Waals surface area contributed by atoms with Crippen LogP contribution in [0.1, 0.15) is 38.8 Å². The van der Waals surface area contributed by atoms with Crippen molar-refractivity contribution in [3.05, 3.63) is 53.6 Å². The largest absolute Gasteiger partial charge is 0.497 e. The van der Waals surface area contributed by atoms with Gasteiger partial charge in [-0.25, -0.2) is 0 Å². The molecule has 0 spiro atoms. The van der Waals surface area contributed by atoms with Crippen molar-refractivity contribution < 1.29 is 4.74 Å². The Bertz CT molecular complexity index is 835. The maximum atomic E-state index is 5.37. The van der Waals surface area contributed by atoms with E-state index in [0.29, 0.717) is 0 Å². The smallest absolute Gasteiger partial charge is 0.119 e. The second-order valence-electron chi connectivity index (χ2n) is 6.99. The summed E-state index contributed by atoms with van der Waals surface area (Å²) < 4.78 is 5.37. The highest BCUT2D eigenvalue weighted by molar-refractivity contribution is 6.36. The number of ether oxygens (including phenoxy) is 1. The third kappa shape index (κ3) is 3.36. The summed E-state index contributed by atoms with van der Waals surface area (Å²) in [6.45, 7) is 9.42. The molecule has 0 atom stereocenters. The van der Waals surface area contributed by atoms with E-state index in [1.807, 2.05) is 23.4 Å². The molecule has 0 saturated carbocycles. The first-order valence-electron chi connectivity index (χ1n) is 9.17. The molecule has 4 heteroatoms. The molecule has 0 unspecified atom stereocenters. The number of fused-ring (bicyclic) bond motifs is 1.